The summed E-state index contributed by atoms with van der Waals surface area (Å²) in [6.07, 6.45) is 5.30. The zero-order valence-electron chi connectivity index (χ0n) is 8.11. The van der Waals surface area contributed by atoms with Gasteiger partial charge in [0.15, 0.2) is 0 Å². The SMILES string of the molecule is Nc1ncnc2c1CCN(C1CC1)C2. The van der Waals surface area contributed by atoms with Crippen molar-refractivity contribution in [3.8, 4) is 0 Å². The number of fused-ring (bicyclic) bond motifs is 1. The molecule has 2 heterocycles. The molecule has 0 atom stereocenters. The summed E-state index contributed by atoms with van der Waals surface area (Å²) in [6, 6.07) is 0.819. The van der Waals surface area contributed by atoms with E-state index in [1.807, 2.05) is 0 Å². The topological polar surface area (TPSA) is 55.0 Å². The van der Waals surface area contributed by atoms with Gasteiger partial charge in [0.1, 0.15) is 12.1 Å². The van der Waals surface area contributed by atoms with E-state index in [9.17, 15) is 0 Å². The third-order valence-electron chi connectivity index (χ3n) is 3.13. The van der Waals surface area contributed by atoms with Gasteiger partial charge in [-0.2, -0.15) is 0 Å². The van der Waals surface area contributed by atoms with Crippen molar-refractivity contribution in [2.24, 2.45) is 0 Å². The molecular formula is C10H14N4. The summed E-state index contributed by atoms with van der Waals surface area (Å²) in [6.45, 7) is 2.09. The van der Waals surface area contributed by atoms with Crippen LogP contribution in [-0.2, 0) is 13.0 Å². The van der Waals surface area contributed by atoms with Gasteiger partial charge in [0.05, 0.1) is 5.69 Å². The summed E-state index contributed by atoms with van der Waals surface area (Å²) in [7, 11) is 0. The molecule has 0 spiro atoms. The largest absolute Gasteiger partial charge is 0.383 e. The van der Waals surface area contributed by atoms with Crippen molar-refractivity contribution in [1.82, 2.24) is 14.9 Å². The molecule has 2 aliphatic rings. The first-order valence-corrected chi connectivity index (χ1v) is 5.17. The third-order valence-corrected chi connectivity index (χ3v) is 3.13. The van der Waals surface area contributed by atoms with Gasteiger partial charge in [-0.15, -0.1) is 0 Å². The van der Waals surface area contributed by atoms with Crippen LogP contribution in [-0.4, -0.2) is 27.5 Å². The third kappa shape index (κ3) is 1.26. The molecule has 0 saturated heterocycles. The highest BCUT2D eigenvalue weighted by molar-refractivity contribution is 5.42. The van der Waals surface area contributed by atoms with Crippen LogP contribution in [0.3, 0.4) is 0 Å². The van der Waals surface area contributed by atoms with Gasteiger partial charge >= 0.3 is 0 Å². The second-order valence-corrected chi connectivity index (χ2v) is 4.14. The van der Waals surface area contributed by atoms with Crippen LogP contribution >= 0.6 is 0 Å². The van der Waals surface area contributed by atoms with E-state index in [1.54, 1.807) is 6.33 Å². The standard InChI is InChI=1S/C10H14N4/c11-10-8-3-4-14(7-1-2-7)5-9(8)12-6-13-10/h6-7H,1-5H2,(H2,11,12,13). The maximum absolute atomic E-state index is 5.81. The second-order valence-electron chi connectivity index (χ2n) is 4.14. The van der Waals surface area contributed by atoms with Crippen molar-refractivity contribution in [1.29, 1.82) is 0 Å². The molecule has 1 aromatic rings. The van der Waals surface area contributed by atoms with Crippen LogP contribution in [0, 0.1) is 0 Å². The van der Waals surface area contributed by atoms with Crippen LogP contribution in [0.4, 0.5) is 5.82 Å². The summed E-state index contributed by atoms with van der Waals surface area (Å²) >= 11 is 0. The second kappa shape index (κ2) is 2.92. The first kappa shape index (κ1) is 8.17. The van der Waals surface area contributed by atoms with Crippen molar-refractivity contribution >= 4 is 5.82 Å². The fourth-order valence-electron chi connectivity index (χ4n) is 2.15. The van der Waals surface area contributed by atoms with Gasteiger partial charge in [0, 0.05) is 24.7 Å². The summed E-state index contributed by atoms with van der Waals surface area (Å²) in [4.78, 5) is 10.8. The molecule has 3 rings (SSSR count). The Bertz CT molecular complexity index is 359. The van der Waals surface area contributed by atoms with Gasteiger partial charge in [0.2, 0.25) is 0 Å². The van der Waals surface area contributed by atoms with Crippen molar-refractivity contribution in [3.05, 3.63) is 17.6 Å². The maximum Gasteiger partial charge on any atom is 0.130 e. The predicted molar refractivity (Wildman–Crippen MR) is 53.6 cm³/mol. The van der Waals surface area contributed by atoms with Crippen LogP contribution in [0.1, 0.15) is 24.1 Å². The summed E-state index contributed by atoms with van der Waals surface area (Å²) < 4.78 is 0. The molecule has 2 N–H and O–H groups in total. The van der Waals surface area contributed by atoms with E-state index in [0.29, 0.717) is 5.82 Å². The van der Waals surface area contributed by atoms with Crippen LogP contribution in [0.15, 0.2) is 6.33 Å². The Kier molecular flexibility index (Phi) is 1.70. The van der Waals surface area contributed by atoms with Gasteiger partial charge in [-0.1, -0.05) is 0 Å². The van der Waals surface area contributed by atoms with E-state index in [1.165, 1.54) is 18.4 Å². The van der Waals surface area contributed by atoms with Gasteiger partial charge in [-0.3, -0.25) is 4.90 Å². The van der Waals surface area contributed by atoms with Crippen molar-refractivity contribution in [2.75, 3.05) is 12.3 Å². The van der Waals surface area contributed by atoms with Crippen molar-refractivity contribution in [3.63, 3.8) is 0 Å². The molecule has 4 heteroatoms. The Morgan fingerprint density at radius 2 is 2.21 bits per heavy atom. The van der Waals surface area contributed by atoms with Crippen molar-refractivity contribution in [2.45, 2.75) is 31.8 Å². The normalized spacial score (nSPS) is 22.0. The molecule has 1 fully saturated rings. The minimum atomic E-state index is 0.672. The molecule has 0 unspecified atom stereocenters. The van der Waals surface area contributed by atoms with E-state index >= 15 is 0 Å². The highest BCUT2D eigenvalue weighted by Gasteiger charge is 2.32. The lowest BCUT2D eigenvalue weighted by molar-refractivity contribution is 0.239. The average Bonchev–Trinajstić information content (AvgIpc) is 3.01. The van der Waals surface area contributed by atoms with Crippen LogP contribution in [0.5, 0.6) is 0 Å². The number of nitrogens with zero attached hydrogens (tertiary/aromatic N) is 3. The average molecular weight is 190 g/mol. The van der Waals surface area contributed by atoms with E-state index < -0.39 is 0 Å². The van der Waals surface area contributed by atoms with E-state index in [-0.39, 0.29) is 0 Å². The zero-order valence-corrected chi connectivity index (χ0v) is 8.11. The molecule has 0 aromatic carbocycles. The first-order valence-electron chi connectivity index (χ1n) is 5.17. The number of anilines is 1. The molecule has 14 heavy (non-hydrogen) atoms. The number of nitrogens with two attached hydrogens (primary N) is 1. The number of aromatic nitrogens is 2. The van der Waals surface area contributed by atoms with Gasteiger partial charge in [-0.25, -0.2) is 9.97 Å². The molecule has 0 amide bonds. The summed E-state index contributed by atoms with van der Waals surface area (Å²) in [5, 5.41) is 0. The first-order chi connectivity index (χ1) is 6.84. The lowest BCUT2D eigenvalue weighted by Crippen LogP contribution is -2.33. The van der Waals surface area contributed by atoms with Crippen LogP contribution < -0.4 is 5.73 Å². The fraction of sp³-hybridized carbons (Fsp3) is 0.600. The predicted octanol–water partition coefficient (Wildman–Crippen LogP) is 0.579. The van der Waals surface area contributed by atoms with Gasteiger partial charge in [0.25, 0.3) is 0 Å². The Hall–Kier alpha value is -1.16. The Morgan fingerprint density at radius 3 is 3.00 bits per heavy atom. The number of nitrogen functional groups attached to an aromatic ring is 1. The minimum Gasteiger partial charge on any atom is -0.383 e. The smallest absolute Gasteiger partial charge is 0.130 e. The highest BCUT2D eigenvalue weighted by atomic mass is 15.2. The lowest BCUT2D eigenvalue weighted by Gasteiger charge is -2.27. The Labute approximate surface area is 83.1 Å². The van der Waals surface area contributed by atoms with Crippen molar-refractivity contribution < 1.29 is 0 Å². The maximum atomic E-state index is 5.81. The quantitative estimate of drug-likeness (QED) is 0.703. The molecule has 1 aromatic heterocycles. The van der Waals surface area contributed by atoms with E-state index in [2.05, 4.69) is 14.9 Å². The fourth-order valence-corrected chi connectivity index (χ4v) is 2.15. The molecule has 0 radical (unpaired) electrons. The van der Waals surface area contributed by atoms with E-state index in [4.69, 9.17) is 5.73 Å². The van der Waals surface area contributed by atoms with Crippen LogP contribution in [0.25, 0.3) is 0 Å². The lowest BCUT2D eigenvalue weighted by atomic mass is 10.1. The molecule has 1 aliphatic heterocycles. The van der Waals surface area contributed by atoms with Gasteiger partial charge < -0.3 is 5.73 Å². The number of hydrogen-bond donors (Lipinski definition) is 1. The molecule has 74 valence electrons. The van der Waals surface area contributed by atoms with Gasteiger partial charge in [-0.05, 0) is 19.3 Å². The molecule has 1 aliphatic carbocycles. The number of hydrogen-bond acceptors (Lipinski definition) is 4. The molecule has 1 saturated carbocycles. The zero-order chi connectivity index (χ0) is 9.54. The summed E-state index contributed by atoms with van der Waals surface area (Å²) in [5.41, 5.74) is 8.11. The highest BCUT2D eigenvalue weighted by Crippen LogP contribution is 2.31. The Morgan fingerprint density at radius 1 is 1.36 bits per heavy atom. The van der Waals surface area contributed by atoms with E-state index in [0.717, 1.165) is 31.2 Å². The van der Waals surface area contributed by atoms with Crippen LogP contribution in [0.2, 0.25) is 0 Å². The Balaban J connectivity index is 1.90. The molecule has 0 bridgehead atoms. The monoisotopic (exact) mass is 190 g/mol. The summed E-state index contributed by atoms with van der Waals surface area (Å²) in [5.74, 6) is 0.672. The number of rotatable bonds is 1. The molecule has 4 nitrogen and oxygen atoms in total. The molecular weight excluding hydrogens is 176 g/mol. The minimum absolute atomic E-state index is 0.672.